The maximum Gasteiger partial charge on any atom is 0.286 e. The topological polar surface area (TPSA) is 103 Å². The van der Waals surface area contributed by atoms with Crippen LogP contribution < -0.4 is 14.8 Å². The smallest absolute Gasteiger partial charge is 0.286 e. The van der Waals surface area contributed by atoms with E-state index in [1.807, 2.05) is 0 Å². The van der Waals surface area contributed by atoms with Crippen molar-refractivity contribution in [3.63, 3.8) is 0 Å². The molecule has 0 aliphatic carbocycles. The average Bonchev–Trinajstić information content (AvgIpc) is 2.99. The number of amides is 1. The minimum Gasteiger partial charge on any atom is -0.493 e. The fraction of sp³-hybridized carbons (Fsp3) is 0.611. The molecular formula is C18H25N3O6. The van der Waals surface area contributed by atoms with Gasteiger partial charge in [0.1, 0.15) is 12.2 Å². The number of hydrogen-bond donors (Lipinski definition) is 1. The molecule has 1 N–H and O–H groups in total. The number of nitrogens with one attached hydrogen (secondary N) is 1. The largest absolute Gasteiger partial charge is 0.493 e. The summed E-state index contributed by atoms with van der Waals surface area (Å²) in [5, 5.41) is 15.1. The molecule has 0 aromatic heterocycles. The van der Waals surface area contributed by atoms with Gasteiger partial charge in [0, 0.05) is 38.3 Å². The zero-order valence-corrected chi connectivity index (χ0v) is 15.6. The number of ether oxygens (including phenoxy) is 3. The predicted octanol–water partition coefficient (Wildman–Crippen LogP) is 1.60. The monoisotopic (exact) mass is 379 g/mol. The molecule has 9 nitrogen and oxygen atoms in total. The lowest BCUT2D eigenvalue weighted by molar-refractivity contribution is -0.385. The first kappa shape index (κ1) is 19.4. The highest BCUT2D eigenvalue weighted by Gasteiger charge is 2.34. The number of methoxy groups -OCH3 is 2. The molecule has 2 aliphatic rings. The van der Waals surface area contributed by atoms with E-state index in [4.69, 9.17) is 14.2 Å². The maximum absolute atomic E-state index is 13.1. The van der Waals surface area contributed by atoms with E-state index in [1.54, 1.807) is 4.90 Å². The third-order valence-electron chi connectivity index (χ3n) is 5.06. The standard InChI is InChI=1S/C18H25N3O6/c1-25-7-8-27-17-10-15(21(23)24)14(9-16(17)26-2)18(22)20-6-5-12-3-4-13(11-20)19-12/h9-10,12-13,19H,3-8,11H2,1-2H3. The Balaban J connectivity index is 1.88. The van der Waals surface area contributed by atoms with Crippen LogP contribution >= 0.6 is 0 Å². The number of benzene rings is 1. The van der Waals surface area contributed by atoms with E-state index in [0.717, 1.165) is 19.3 Å². The van der Waals surface area contributed by atoms with Crippen LogP contribution in [-0.2, 0) is 4.74 Å². The second-order valence-corrected chi connectivity index (χ2v) is 6.80. The fourth-order valence-electron chi connectivity index (χ4n) is 3.68. The number of nitro benzene ring substituents is 1. The molecule has 9 heteroatoms. The molecule has 2 saturated heterocycles. The Hall–Kier alpha value is -2.39. The van der Waals surface area contributed by atoms with Crippen LogP contribution in [0, 0.1) is 10.1 Å². The number of carbonyl (C=O) groups excluding carboxylic acids is 1. The molecule has 0 saturated carbocycles. The normalized spacial score (nSPS) is 21.6. The van der Waals surface area contributed by atoms with Crippen molar-refractivity contribution in [2.45, 2.75) is 31.3 Å². The Morgan fingerprint density at radius 2 is 2.00 bits per heavy atom. The molecule has 0 spiro atoms. The van der Waals surface area contributed by atoms with Crippen molar-refractivity contribution in [1.82, 2.24) is 10.2 Å². The van der Waals surface area contributed by atoms with Crippen LogP contribution in [0.2, 0.25) is 0 Å². The van der Waals surface area contributed by atoms with Gasteiger partial charge in [-0.15, -0.1) is 0 Å². The van der Waals surface area contributed by atoms with Crippen LogP contribution in [0.4, 0.5) is 5.69 Å². The SMILES string of the molecule is COCCOc1cc([N+](=O)[O-])c(C(=O)N2CCC3CCC(C2)N3)cc1OC. The van der Waals surface area contributed by atoms with Crippen molar-refractivity contribution in [2.75, 3.05) is 40.5 Å². The number of hydrogen-bond acceptors (Lipinski definition) is 7. The number of nitrogens with zero attached hydrogens (tertiary/aromatic N) is 2. The van der Waals surface area contributed by atoms with Gasteiger partial charge in [-0.3, -0.25) is 14.9 Å². The number of nitro groups is 1. The molecule has 27 heavy (non-hydrogen) atoms. The molecule has 2 atom stereocenters. The van der Waals surface area contributed by atoms with Gasteiger partial charge in [0.25, 0.3) is 11.6 Å². The third kappa shape index (κ3) is 4.30. The molecule has 148 valence electrons. The highest BCUT2D eigenvalue weighted by Crippen LogP contribution is 2.36. The summed E-state index contributed by atoms with van der Waals surface area (Å²) in [6, 6.07) is 3.33. The molecular weight excluding hydrogens is 354 g/mol. The van der Waals surface area contributed by atoms with Gasteiger partial charge in [-0.1, -0.05) is 0 Å². The summed E-state index contributed by atoms with van der Waals surface area (Å²) < 4.78 is 15.7. The summed E-state index contributed by atoms with van der Waals surface area (Å²) in [5.74, 6) is 0.154. The summed E-state index contributed by atoms with van der Waals surface area (Å²) in [5.41, 5.74) is -0.260. The zero-order chi connectivity index (χ0) is 19.4. The third-order valence-corrected chi connectivity index (χ3v) is 5.06. The van der Waals surface area contributed by atoms with Crippen LogP contribution in [0.25, 0.3) is 0 Å². The van der Waals surface area contributed by atoms with Gasteiger partial charge in [0.05, 0.1) is 24.7 Å². The zero-order valence-electron chi connectivity index (χ0n) is 15.6. The number of fused-ring (bicyclic) bond motifs is 2. The summed E-state index contributed by atoms with van der Waals surface area (Å²) in [7, 11) is 2.97. The van der Waals surface area contributed by atoms with Crippen LogP contribution in [0.5, 0.6) is 11.5 Å². The molecule has 1 aromatic carbocycles. The highest BCUT2D eigenvalue weighted by atomic mass is 16.6. The van der Waals surface area contributed by atoms with Gasteiger partial charge in [0.15, 0.2) is 11.5 Å². The number of carbonyl (C=O) groups is 1. The van der Waals surface area contributed by atoms with E-state index in [0.29, 0.717) is 25.7 Å². The average molecular weight is 379 g/mol. The van der Waals surface area contributed by atoms with Crippen molar-refractivity contribution in [1.29, 1.82) is 0 Å². The second kappa shape index (κ2) is 8.53. The highest BCUT2D eigenvalue weighted by molar-refractivity contribution is 5.99. The van der Waals surface area contributed by atoms with Crippen molar-refractivity contribution in [3.8, 4) is 11.5 Å². The van der Waals surface area contributed by atoms with E-state index in [9.17, 15) is 14.9 Å². The van der Waals surface area contributed by atoms with Gasteiger partial charge in [0.2, 0.25) is 0 Å². The first-order valence-corrected chi connectivity index (χ1v) is 9.07. The molecule has 0 radical (unpaired) electrons. The van der Waals surface area contributed by atoms with Gasteiger partial charge < -0.3 is 24.4 Å². The van der Waals surface area contributed by atoms with Gasteiger partial charge in [-0.25, -0.2) is 0 Å². The molecule has 2 unspecified atom stereocenters. The van der Waals surface area contributed by atoms with Crippen LogP contribution in [0.15, 0.2) is 12.1 Å². The Kier molecular flexibility index (Phi) is 6.12. The van der Waals surface area contributed by atoms with Gasteiger partial charge >= 0.3 is 0 Å². The Labute approximate surface area is 157 Å². The van der Waals surface area contributed by atoms with Crippen molar-refractivity contribution < 1.29 is 23.9 Å². The Morgan fingerprint density at radius 1 is 1.22 bits per heavy atom. The first-order chi connectivity index (χ1) is 13.0. The summed E-state index contributed by atoms with van der Waals surface area (Å²) >= 11 is 0. The summed E-state index contributed by atoms with van der Waals surface area (Å²) in [6.45, 7) is 1.69. The quantitative estimate of drug-likeness (QED) is 0.436. The molecule has 1 amide bonds. The van der Waals surface area contributed by atoms with Gasteiger partial charge in [-0.05, 0) is 19.3 Å². The Morgan fingerprint density at radius 3 is 2.70 bits per heavy atom. The molecule has 2 bridgehead atoms. The molecule has 2 aliphatic heterocycles. The lowest BCUT2D eigenvalue weighted by Crippen LogP contribution is -2.39. The Bertz CT molecular complexity index is 711. The van der Waals surface area contributed by atoms with Crippen LogP contribution in [0.3, 0.4) is 0 Å². The van der Waals surface area contributed by atoms with Crippen LogP contribution in [0.1, 0.15) is 29.6 Å². The summed E-state index contributed by atoms with van der Waals surface area (Å²) in [6.07, 6.45) is 2.99. The molecule has 2 fully saturated rings. The predicted molar refractivity (Wildman–Crippen MR) is 97.5 cm³/mol. The lowest BCUT2D eigenvalue weighted by atomic mass is 10.1. The van der Waals surface area contributed by atoms with E-state index >= 15 is 0 Å². The minimum atomic E-state index is -0.557. The maximum atomic E-state index is 13.1. The van der Waals surface area contributed by atoms with Crippen molar-refractivity contribution in [2.24, 2.45) is 0 Å². The van der Waals surface area contributed by atoms with E-state index < -0.39 is 4.92 Å². The second-order valence-electron chi connectivity index (χ2n) is 6.80. The van der Waals surface area contributed by atoms with Crippen molar-refractivity contribution >= 4 is 11.6 Å². The minimum absolute atomic E-state index is 0.0220. The van der Waals surface area contributed by atoms with E-state index in [1.165, 1.54) is 26.4 Å². The van der Waals surface area contributed by atoms with E-state index in [2.05, 4.69) is 5.32 Å². The van der Waals surface area contributed by atoms with Crippen molar-refractivity contribution in [3.05, 3.63) is 27.8 Å². The molecule has 2 heterocycles. The first-order valence-electron chi connectivity index (χ1n) is 9.07. The summed E-state index contributed by atoms with van der Waals surface area (Å²) in [4.78, 5) is 25.8. The molecule has 1 aromatic rings. The lowest BCUT2D eigenvalue weighted by Gasteiger charge is -2.24. The fourth-order valence-corrected chi connectivity index (χ4v) is 3.68. The van der Waals surface area contributed by atoms with E-state index in [-0.39, 0.29) is 41.3 Å². The van der Waals surface area contributed by atoms with Gasteiger partial charge in [-0.2, -0.15) is 0 Å². The number of rotatable bonds is 7. The molecule has 3 rings (SSSR count). The number of likely N-dealkylation sites (tertiary alicyclic amines) is 1. The van der Waals surface area contributed by atoms with Crippen LogP contribution in [-0.4, -0.2) is 68.3 Å².